The van der Waals surface area contributed by atoms with Crippen LogP contribution in [0.4, 0.5) is 0 Å². The predicted molar refractivity (Wildman–Crippen MR) is 202 cm³/mol. The molecule has 236 valence electrons. The first-order valence-corrected chi connectivity index (χ1v) is 17.0. The Morgan fingerprint density at radius 3 is 1.76 bits per heavy atom. The van der Waals surface area contributed by atoms with E-state index in [0.717, 1.165) is 50.5 Å². The minimum Gasteiger partial charge on any atom is -0.460 e. The summed E-state index contributed by atoms with van der Waals surface area (Å²) in [5, 5.41) is 3.60. The molecule has 0 bridgehead atoms. The Morgan fingerprint density at radius 1 is 0.520 bits per heavy atom. The molecule has 0 N–H and O–H groups in total. The molecule has 0 aliphatic heterocycles. The second-order valence-electron chi connectivity index (χ2n) is 12.8. The Labute approximate surface area is 288 Å². The number of allylic oxidation sites excluding steroid dienone is 1. The molecule has 9 aromatic rings. The van der Waals surface area contributed by atoms with Crippen molar-refractivity contribution in [3.05, 3.63) is 175 Å². The van der Waals surface area contributed by atoms with Gasteiger partial charge in [0.25, 0.3) is 0 Å². The van der Waals surface area contributed by atoms with Crippen molar-refractivity contribution < 1.29 is 4.42 Å². The van der Waals surface area contributed by atoms with E-state index >= 15 is 0 Å². The Balaban J connectivity index is 1.04. The quantitative estimate of drug-likeness (QED) is 0.187. The van der Waals surface area contributed by atoms with E-state index in [0.29, 0.717) is 18.1 Å². The van der Waals surface area contributed by atoms with E-state index in [4.69, 9.17) is 19.4 Å². The first-order valence-electron chi connectivity index (χ1n) is 17.0. The van der Waals surface area contributed by atoms with Crippen LogP contribution in [0.3, 0.4) is 0 Å². The normalized spacial score (nSPS) is 14.0. The van der Waals surface area contributed by atoms with Gasteiger partial charge in [-0.1, -0.05) is 133 Å². The van der Waals surface area contributed by atoms with E-state index in [1.807, 2.05) is 36.4 Å². The first kappa shape index (κ1) is 28.4. The molecule has 0 radical (unpaired) electrons. The summed E-state index contributed by atoms with van der Waals surface area (Å²) in [4.78, 5) is 15.1. The van der Waals surface area contributed by atoms with Gasteiger partial charge in [-0.2, -0.15) is 0 Å². The van der Waals surface area contributed by atoms with Gasteiger partial charge >= 0.3 is 0 Å². The van der Waals surface area contributed by atoms with Crippen molar-refractivity contribution in [1.29, 1.82) is 0 Å². The largest absolute Gasteiger partial charge is 0.460 e. The van der Waals surface area contributed by atoms with Gasteiger partial charge in [0.2, 0.25) is 0 Å². The number of nitrogens with zero attached hydrogens (tertiary/aromatic N) is 4. The molecule has 5 nitrogen and oxygen atoms in total. The molecule has 6 aromatic carbocycles. The van der Waals surface area contributed by atoms with Crippen molar-refractivity contribution >= 4 is 38.9 Å². The smallest absolute Gasteiger partial charge is 0.163 e. The van der Waals surface area contributed by atoms with E-state index in [1.165, 1.54) is 27.4 Å². The maximum Gasteiger partial charge on any atom is 0.163 e. The lowest BCUT2D eigenvalue weighted by Crippen LogP contribution is -2.11. The van der Waals surface area contributed by atoms with Crippen LogP contribution in [-0.2, 0) is 6.42 Å². The van der Waals surface area contributed by atoms with E-state index < -0.39 is 0 Å². The van der Waals surface area contributed by atoms with Crippen LogP contribution in [0.1, 0.15) is 23.1 Å². The van der Waals surface area contributed by atoms with Crippen molar-refractivity contribution in [1.82, 2.24) is 19.5 Å². The van der Waals surface area contributed by atoms with Gasteiger partial charge < -0.3 is 8.98 Å². The Morgan fingerprint density at radius 2 is 1.08 bits per heavy atom. The third-order valence-electron chi connectivity index (χ3n) is 9.79. The fraction of sp³-hybridized carbons (Fsp3) is 0.0444. The maximum atomic E-state index is 6.54. The van der Waals surface area contributed by atoms with Crippen LogP contribution >= 0.6 is 0 Å². The lowest BCUT2D eigenvalue weighted by atomic mass is 9.93. The minimum atomic E-state index is -0.0623. The molecule has 0 saturated heterocycles. The number of fused-ring (bicyclic) bond motifs is 6. The SMILES string of the molecule is C1=CC(c2nc(-c3ccccc3)nc(-c3ccc(-c4ccccc4)cc3)n2)Cc2oc3ccc(-n4c5ccccc5c5ccccc54)cc3c21. The highest BCUT2D eigenvalue weighted by molar-refractivity contribution is 6.09. The lowest BCUT2D eigenvalue weighted by molar-refractivity contribution is 0.527. The minimum absolute atomic E-state index is 0.0623. The topological polar surface area (TPSA) is 56.7 Å². The molecule has 5 heteroatoms. The zero-order chi connectivity index (χ0) is 33.0. The van der Waals surface area contributed by atoms with Gasteiger partial charge in [0.05, 0.1) is 11.0 Å². The van der Waals surface area contributed by atoms with E-state index in [2.05, 4.69) is 132 Å². The summed E-state index contributed by atoms with van der Waals surface area (Å²) in [5.74, 6) is 2.94. The average Bonchev–Trinajstić information content (AvgIpc) is 3.73. The van der Waals surface area contributed by atoms with Crippen molar-refractivity contribution in [3.8, 4) is 39.6 Å². The molecule has 1 aliphatic rings. The summed E-state index contributed by atoms with van der Waals surface area (Å²) in [6.45, 7) is 0. The molecule has 50 heavy (non-hydrogen) atoms. The molecule has 3 heterocycles. The van der Waals surface area contributed by atoms with Crippen LogP contribution in [0.5, 0.6) is 0 Å². The first-order chi connectivity index (χ1) is 24.8. The number of benzene rings is 6. The van der Waals surface area contributed by atoms with Gasteiger partial charge in [-0.3, -0.25) is 0 Å². The van der Waals surface area contributed by atoms with Crippen LogP contribution in [0.15, 0.2) is 162 Å². The number of rotatable bonds is 5. The number of hydrogen-bond acceptors (Lipinski definition) is 4. The fourth-order valence-corrected chi connectivity index (χ4v) is 7.33. The van der Waals surface area contributed by atoms with Crippen LogP contribution in [-0.4, -0.2) is 19.5 Å². The van der Waals surface area contributed by atoms with Gasteiger partial charge in [0, 0.05) is 50.9 Å². The summed E-state index contributed by atoms with van der Waals surface area (Å²) in [6, 6.07) is 52.7. The summed E-state index contributed by atoms with van der Waals surface area (Å²) in [7, 11) is 0. The van der Waals surface area contributed by atoms with E-state index in [9.17, 15) is 0 Å². The summed E-state index contributed by atoms with van der Waals surface area (Å²) >= 11 is 0. The second kappa shape index (κ2) is 11.5. The number of hydrogen-bond donors (Lipinski definition) is 0. The molecule has 3 aromatic heterocycles. The van der Waals surface area contributed by atoms with Crippen LogP contribution in [0.2, 0.25) is 0 Å². The highest BCUT2D eigenvalue weighted by Gasteiger charge is 2.25. The predicted octanol–water partition coefficient (Wildman–Crippen LogP) is 11.1. The van der Waals surface area contributed by atoms with Gasteiger partial charge in [0.1, 0.15) is 17.2 Å². The molecule has 1 atom stereocenters. The molecule has 0 spiro atoms. The van der Waals surface area contributed by atoms with Crippen molar-refractivity contribution in [3.63, 3.8) is 0 Å². The molecule has 0 fully saturated rings. The Kier molecular flexibility index (Phi) is 6.56. The third-order valence-corrected chi connectivity index (χ3v) is 9.79. The average molecular weight is 643 g/mol. The highest BCUT2D eigenvalue weighted by Crippen LogP contribution is 2.39. The highest BCUT2D eigenvalue weighted by atomic mass is 16.3. The van der Waals surface area contributed by atoms with Gasteiger partial charge in [-0.05, 0) is 41.5 Å². The second-order valence-corrected chi connectivity index (χ2v) is 12.8. The van der Waals surface area contributed by atoms with Crippen molar-refractivity contribution in [2.45, 2.75) is 12.3 Å². The fourth-order valence-electron chi connectivity index (χ4n) is 7.33. The number of furan rings is 1. The Hall–Kier alpha value is -6.59. The number of aromatic nitrogens is 4. The van der Waals surface area contributed by atoms with E-state index in [-0.39, 0.29) is 5.92 Å². The van der Waals surface area contributed by atoms with E-state index in [1.54, 1.807) is 0 Å². The number of para-hydroxylation sites is 2. The van der Waals surface area contributed by atoms with Gasteiger partial charge in [-0.15, -0.1) is 0 Å². The summed E-state index contributed by atoms with van der Waals surface area (Å²) in [6.07, 6.45) is 5.07. The van der Waals surface area contributed by atoms with Gasteiger partial charge in [0.15, 0.2) is 11.6 Å². The molecule has 1 unspecified atom stereocenters. The zero-order valence-electron chi connectivity index (χ0n) is 27.1. The third kappa shape index (κ3) is 4.74. The monoisotopic (exact) mass is 642 g/mol. The van der Waals surface area contributed by atoms with Crippen LogP contribution < -0.4 is 0 Å². The molecule has 1 aliphatic carbocycles. The molecular formula is C45H30N4O. The van der Waals surface area contributed by atoms with Crippen LogP contribution in [0, 0.1) is 0 Å². The summed E-state index contributed by atoms with van der Waals surface area (Å²) in [5.41, 5.74) is 9.73. The zero-order valence-corrected chi connectivity index (χ0v) is 27.1. The maximum absolute atomic E-state index is 6.54. The van der Waals surface area contributed by atoms with Crippen molar-refractivity contribution in [2.75, 3.05) is 0 Å². The van der Waals surface area contributed by atoms with Crippen molar-refractivity contribution in [2.24, 2.45) is 0 Å². The van der Waals surface area contributed by atoms with Crippen LogP contribution in [0.25, 0.3) is 78.4 Å². The molecule has 0 amide bonds. The Bertz CT molecular complexity index is 2670. The van der Waals surface area contributed by atoms with Gasteiger partial charge in [-0.25, -0.2) is 15.0 Å². The summed E-state index contributed by atoms with van der Waals surface area (Å²) < 4.78 is 8.89. The molecule has 10 rings (SSSR count). The lowest BCUT2D eigenvalue weighted by Gasteiger charge is -2.16. The molecule has 0 saturated carbocycles. The molecular weight excluding hydrogens is 613 g/mol. The standard InChI is InChI=1S/C45H30N4O/c1-3-11-29(12-4-1)30-19-21-32(22-20-30)44-46-43(31-13-5-2-6-14-31)47-45(48-44)33-23-25-37-38-28-34(24-26-41(38)50-42(37)27-33)49-39-17-9-7-15-35(39)36-16-8-10-18-40(36)49/h1-26,28,33H,27H2.